The summed E-state index contributed by atoms with van der Waals surface area (Å²) in [4.78, 5) is 39.6. The Hall–Kier alpha value is -2.51. The molecule has 1 aliphatic rings. The van der Waals surface area contributed by atoms with E-state index in [2.05, 4.69) is 10.2 Å². The molecular formula is C19H25N3O4. The number of rotatable bonds is 6. The standard InChI is InChI=1S/C19H25N3O4/c1-14(19(26)22-9-7-21(8-10-22)11-12-23)13-18(25)20-17-5-3-16(4-6-17)15(2)24/h3-6,13,23H,7-12H2,1-2H3,(H,20,25)/b14-13-. The van der Waals surface area contributed by atoms with Crippen LogP contribution in [0.15, 0.2) is 35.9 Å². The summed E-state index contributed by atoms with van der Waals surface area (Å²) in [5, 5.41) is 11.6. The molecule has 1 fully saturated rings. The fourth-order valence-corrected chi connectivity index (χ4v) is 2.79. The maximum Gasteiger partial charge on any atom is 0.249 e. The van der Waals surface area contributed by atoms with Crippen molar-refractivity contribution in [2.75, 3.05) is 44.6 Å². The average molecular weight is 359 g/mol. The van der Waals surface area contributed by atoms with Crippen LogP contribution in [0.25, 0.3) is 0 Å². The monoisotopic (exact) mass is 359 g/mol. The minimum Gasteiger partial charge on any atom is -0.395 e. The Labute approximate surface area is 153 Å². The molecule has 1 heterocycles. The zero-order valence-corrected chi connectivity index (χ0v) is 15.2. The Balaban J connectivity index is 1.90. The molecule has 2 N–H and O–H groups in total. The Kier molecular flexibility index (Phi) is 7.06. The molecule has 0 bridgehead atoms. The largest absolute Gasteiger partial charge is 0.395 e. The summed E-state index contributed by atoms with van der Waals surface area (Å²) in [5.74, 6) is -0.579. The van der Waals surface area contributed by atoms with E-state index in [1.54, 1.807) is 36.1 Å². The highest BCUT2D eigenvalue weighted by molar-refractivity contribution is 6.06. The van der Waals surface area contributed by atoms with Gasteiger partial charge in [-0.15, -0.1) is 0 Å². The Bertz CT molecular complexity index is 689. The van der Waals surface area contributed by atoms with E-state index in [-0.39, 0.29) is 24.2 Å². The predicted octanol–water partition coefficient (Wildman–Crippen LogP) is 0.910. The molecule has 0 unspecified atom stereocenters. The first-order chi connectivity index (χ1) is 12.4. The van der Waals surface area contributed by atoms with Crippen LogP contribution >= 0.6 is 0 Å². The molecule has 7 nitrogen and oxygen atoms in total. The van der Waals surface area contributed by atoms with Crippen molar-refractivity contribution in [2.24, 2.45) is 0 Å². The van der Waals surface area contributed by atoms with Crippen molar-refractivity contribution in [3.8, 4) is 0 Å². The van der Waals surface area contributed by atoms with Crippen LogP contribution in [0.2, 0.25) is 0 Å². The second kappa shape index (κ2) is 9.26. The van der Waals surface area contributed by atoms with Gasteiger partial charge in [-0.3, -0.25) is 19.3 Å². The third kappa shape index (κ3) is 5.50. The molecule has 140 valence electrons. The molecular weight excluding hydrogens is 334 g/mol. The van der Waals surface area contributed by atoms with Gasteiger partial charge in [0, 0.05) is 55.6 Å². The van der Waals surface area contributed by atoms with Crippen LogP contribution in [-0.2, 0) is 9.59 Å². The topological polar surface area (TPSA) is 90.0 Å². The van der Waals surface area contributed by atoms with Crippen molar-refractivity contribution in [3.05, 3.63) is 41.5 Å². The maximum absolute atomic E-state index is 12.4. The summed E-state index contributed by atoms with van der Waals surface area (Å²) >= 11 is 0. The molecule has 0 aromatic heterocycles. The highest BCUT2D eigenvalue weighted by Crippen LogP contribution is 2.11. The van der Waals surface area contributed by atoms with Gasteiger partial charge in [0.2, 0.25) is 11.8 Å². The second-order valence-electron chi connectivity index (χ2n) is 6.31. The molecule has 0 aliphatic carbocycles. The van der Waals surface area contributed by atoms with Gasteiger partial charge in [0.1, 0.15) is 0 Å². The summed E-state index contributed by atoms with van der Waals surface area (Å²) in [7, 11) is 0. The molecule has 7 heteroatoms. The zero-order valence-electron chi connectivity index (χ0n) is 15.2. The molecule has 2 amide bonds. The quantitative estimate of drug-likeness (QED) is 0.582. The Morgan fingerprint density at radius 2 is 1.69 bits per heavy atom. The van der Waals surface area contributed by atoms with Gasteiger partial charge in [-0.05, 0) is 38.1 Å². The van der Waals surface area contributed by atoms with Gasteiger partial charge >= 0.3 is 0 Å². The third-order valence-electron chi connectivity index (χ3n) is 4.32. The van der Waals surface area contributed by atoms with E-state index in [1.807, 2.05) is 0 Å². The summed E-state index contributed by atoms with van der Waals surface area (Å²) in [6.45, 7) is 6.43. The van der Waals surface area contributed by atoms with E-state index in [0.717, 1.165) is 0 Å². The van der Waals surface area contributed by atoms with E-state index in [0.29, 0.717) is 49.5 Å². The van der Waals surface area contributed by atoms with Crippen LogP contribution in [0.3, 0.4) is 0 Å². The predicted molar refractivity (Wildman–Crippen MR) is 98.9 cm³/mol. The lowest BCUT2D eigenvalue weighted by Gasteiger charge is -2.34. The first-order valence-corrected chi connectivity index (χ1v) is 8.63. The van der Waals surface area contributed by atoms with Gasteiger partial charge in [-0.25, -0.2) is 0 Å². The van der Waals surface area contributed by atoms with Crippen molar-refractivity contribution in [3.63, 3.8) is 0 Å². The lowest BCUT2D eigenvalue weighted by Crippen LogP contribution is -2.49. The number of aliphatic hydroxyl groups is 1. The number of piperazine rings is 1. The number of anilines is 1. The van der Waals surface area contributed by atoms with Crippen LogP contribution in [0.1, 0.15) is 24.2 Å². The SMILES string of the molecule is CC(=O)c1ccc(NC(=O)/C=C(/C)C(=O)N2CCN(CCO)CC2)cc1. The van der Waals surface area contributed by atoms with Crippen molar-refractivity contribution in [1.82, 2.24) is 9.80 Å². The highest BCUT2D eigenvalue weighted by atomic mass is 16.3. The van der Waals surface area contributed by atoms with Crippen LogP contribution < -0.4 is 5.32 Å². The Morgan fingerprint density at radius 1 is 1.08 bits per heavy atom. The van der Waals surface area contributed by atoms with Gasteiger partial charge in [0.15, 0.2) is 5.78 Å². The van der Waals surface area contributed by atoms with Gasteiger partial charge < -0.3 is 15.3 Å². The number of Topliss-reactive ketones (excluding diaryl/α,β-unsaturated/α-hetero) is 1. The summed E-state index contributed by atoms with van der Waals surface area (Å²) in [6, 6.07) is 6.59. The first kappa shape index (κ1) is 19.8. The van der Waals surface area contributed by atoms with E-state index in [9.17, 15) is 14.4 Å². The van der Waals surface area contributed by atoms with E-state index < -0.39 is 0 Å². The van der Waals surface area contributed by atoms with Gasteiger partial charge in [0.05, 0.1) is 6.61 Å². The number of carbonyl (C=O) groups is 3. The molecule has 0 atom stereocenters. The van der Waals surface area contributed by atoms with Crippen LogP contribution in [0.4, 0.5) is 5.69 Å². The fraction of sp³-hybridized carbons (Fsp3) is 0.421. The number of β-amino-alcohol motifs (C(OH)–C–C–N with tert-alkyl or cyclic N) is 1. The summed E-state index contributed by atoms with van der Waals surface area (Å²) in [5.41, 5.74) is 1.51. The number of benzene rings is 1. The Morgan fingerprint density at radius 3 is 2.23 bits per heavy atom. The van der Waals surface area contributed by atoms with Gasteiger partial charge in [-0.1, -0.05) is 0 Å². The molecule has 2 rings (SSSR count). The van der Waals surface area contributed by atoms with E-state index in [4.69, 9.17) is 5.11 Å². The number of hydrogen-bond donors (Lipinski definition) is 2. The maximum atomic E-state index is 12.4. The molecule has 0 radical (unpaired) electrons. The minimum absolute atomic E-state index is 0.0386. The first-order valence-electron chi connectivity index (χ1n) is 8.63. The summed E-state index contributed by atoms with van der Waals surface area (Å²) in [6.07, 6.45) is 1.29. The van der Waals surface area contributed by atoms with E-state index in [1.165, 1.54) is 13.0 Å². The molecule has 0 saturated carbocycles. The number of ketones is 1. The third-order valence-corrected chi connectivity index (χ3v) is 4.32. The second-order valence-corrected chi connectivity index (χ2v) is 6.31. The molecule has 1 aromatic carbocycles. The molecule has 1 aliphatic heterocycles. The number of hydrogen-bond acceptors (Lipinski definition) is 5. The number of carbonyl (C=O) groups excluding carboxylic acids is 3. The molecule has 0 spiro atoms. The number of nitrogens with zero attached hydrogens (tertiary/aromatic N) is 2. The average Bonchev–Trinajstić information content (AvgIpc) is 2.62. The molecule has 1 saturated heterocycles. The fourth-order valence-electron chi connectivity index (χ4n) is 2.79. The van der Waals surface area contributed by atoms with E-state index >= 15 is 0 Å². The molecule has 1 aromatic rings. The van der Waals surface area contributed by atoms with Crippen molar-refractivity contribution in [1.29, 1.82) is 0 Å². The van der Waals surface area contributed by atoms with Crippen LogP contribution in [-0.4, -0.2) is 71.8 Å². The zero-order chi connectivity index (χ0) is 19.1. The number of aliphatic hydroxyl groups excluding tert-OH is 1. The normalized spacial score (nSPS) is 15.7. The lowest BCUT2D eigenvalue weighted by molar-refractivity contribution is -0.129. The highest BCUT2D eigenvalue weighted by Gasteiger charge is 2.21. The van der Waals surface area contributed by atoms with Crippen LogP contribution in [0.5, 0.6) is 0 Å². The molecule has 26 heavy (non-hydrogen) atoms. The smallest absolute Gasteiger partial charge is 0.249 e. The van der Waals surface area contributed by atoms with Crippen molar-refractivity contribution >= 4 is 23.3 Å². The van der Waals surface area contributed by atoms with Crippen LogP contribution in [0, 0.1) is 0 Å². The van der Waals surface area contributed by atoms with Crippen molar-refractivity contribution < 1.29 is 19.5 Å². The van der Waals surface area contributed by atoms with Gasteiger partial charge in [-0.2, -0.15) is 0 Å². The summed E-state index contributed by atoms with van der Waals surface area (Å²) < 4.78 is 0. The number of nitrogens with one attached hydrogen (secondary N) is 1. The minimum atomic E-state index is -0.384. The van der Waals surface area contributed by atoms with Gasteiger partial charge in [0.25, 0.3) is 0 Å². The number of amides is 2. The van der Waals surface area contributed by atoms with Crippen molar-refractivity contribution in [2.45, 2.75) is 13.8 Å². The lowest BCUT2D eigenvalue weighted by atomic mass is 10.1.